The lowest BCUT2D eigenvalue weighted by Crippen LogP contribution is -2.30. The normalized spacial score (nSPS) is 11.9. The largest absolute Gasteiger partial charge is 0.462 e. The molecule has 6 heteroatoms. The van der Waals surface area contributed by atoms with Gasteiger partial charge >= 0.3 is 17.9 Å². The molecule has 0 saturated carbocycles. The van der Waals surface area contributed by atoms with Crippen LogP contribution in [0.1, 0.15) is 233 Å². The predicted molar refractivity (Wildman–Crippen MR) is 206 cm³/mol. The molecule has 0 aliphatic carbocycles. The van der Waals surface area contributed by atoms with Crippen molar-refractivity contribution >= 4 is 17.9 Å². The Morgan fingerprint density at radius 3 is 1.00 bits per heavy atom. The van der Waals surface area contributed by atoms with Crippen molar-refractivity contribution in [2.45, 2.75) is 239 Å². The van der Waals surface area contributed by atoms with Gasteiger partial charge in [0.25, 0.3) is 0 Å². The zero-order chi connectivity index (χ0) is 36.0. The molecule has 0 unspecified atom stereocenters. The van der Waals surface area contributed by atoms with Gasteiger partial charge < -0.3 is 14.2 Å². The van der Waals surface area contributed by atoms with Crippen LogP contribution in [0.3, 0.4) is 0 Å². The van der Waals surface area contributed by atoms with Gasteiger partial charge in [-0.2, -0.15) is 0 Å². The van der Waals surface area contributed by atoms with E-state index < -0.39 is 6.10 Å². The molecule has 0 aromatic rings. The van der Waals surface area contributed by atoms with Crippen LogP contribution in [0.25, 0.3) is 0 Å². The third-order valence-corrected chi connectivity index (χ3v) is 9.54. The molecule has 0 aliphatic rings. The van der Waals surface area contributed by atoms with Crippen LogP contribution in [0.5, 0.6) is 0 Å². The highest BCUT2D eigenvalue weighted by Crippen LogP contribution is 2.15. The second-order valence-corrected chi connectivity index (χ2v) is 15.1. The zero-order valence-electron chi connectivity index (χ0n) is 33.1. The smallest absolute Gasteiger partial charge is 0.306 e. The Morgan fingerprint density at radius 2 is 0.673 bits per heavy atom. The van der Waals surface area contributed by atoms with Crippen molar-refractivity contribution in [2.24, 2.45) is 5.92 Å². The fraction of sp³-hybridized carbons (Fsp3) is 0.930. The van der Waals surface area contributed by atoms with Gasteiger partial charge in [0.1, 0.15) is 13.2 Å². The van der Waals surface area contributed by atoms with Gasteiger partial charge in [0.2, 0.25) is 0 Å². The van der Waals surface area contributed by atoms with Crippen molar-refractivity contribution < 1.29 is 28.6 Å². The van der Waals surface area contributed by atoms with Gasteiger partial charge in [-0.25, -0.2) is 0 Å². The van der Waals surface area contributed by atoms with E-state index in [0.29, 0.717) is 19.3 Å². The van der Waals surface area contributed by atoms with Crippen LogP contribution in [-0.4, -0.2) is 37.2 Å². The molecule has 6 nitrogen and oxygen atoms in total. The lowest BCUT2D eigenvalue weighted by molar-refractivity contribution is -0.167. The summed E-state index contributed by atoms with van der Waals surface area (Å²) in [5.74, 6) is -0.100. The minimum absolute atomic E-state index is 0.0650. The van der Waals surface area contributed by atoms with Crippen LogP contribution in [0.4, 0.5) is 0 Å². The SMILES string of the molecule is CCCCCCCCCCCCCC(=O)OC[C@@H](COC(=O)CCCCCCCCC(C)C)OC(=O)CCCCCCCCCCCCC. The summed E-state index contributed by atoms with van der Waals surface area (Å²) in [5.41, 5.74) is 0. The molecular formula is C43H82O6. The topological polar surface area (TPSA) is 78.9 Å². The summed E-state index contributed by atoms with van der Waals surface area (Å²) in [7, 11) is 0. The van der Waals surface area contributed by atoms with Gasteiger partial charge in [-0.15, -0.1) is 0 Å². The standard InChI is InChI=1S/C43H82O6/c1-5-7-9-11-13-15-17-19-21-26-30-34-41(44)47-37-40(38-48-42(45)35-31-27-24-23-25-29-33-39(3)4)49-43(46)36-32-28-22-20-18-16-14-12-10-8-6-2/h39-40H,5-38H2,1-4H3/t40-/m0/s1. The average molecular weight is 695 g/mol. The maximum absolute atomic E-state index is 12.6. The molecule has 0 N–H and O–H groups in total. The Bertz CT molecular complexity index is 736. The number of hydrogen-bond acceptors (Lipinski definition) is 6. The van der Waals surface area contributed by atoms with Crippen LogP contribution < -0.4 is 0 Å². The summed E-state index contributed by atoms with van der Waals surface area (Å²) in [5, 5.41) is 0. The van der Waals surface area contributed by atoms with Crippen molar-refractivity contribution in [3.05, 3.63) is 0 Å². The van der Waals surface area contributed by atoms with Crippen molar-refractivity contribution in [2.75, 3.05) is 13.2 Å². The van der Waals surface area contributed by atoms with E-state index in [-0.39, 0.29) is 31.1 Å². The lowest BCUT2D eigenvalue weighted by atomic mass is 10.0. The highest BCUT2D eigenvalue weighted by Gasteiger charge is 2.19. The molecule has 0 bridgehead atoms. The Labute approximate surface area is 304 Å². The van der Waals surface area contributed by atoms with Crippen molar-refractivity contribution in [3.63, 3.8) is 0 Å². The highest BCUT2D eigenvalue weighted by molar-refractivity contribution is 5.71. The summed E-state index contributed by atoms with van der Waals surface area (Å²) in [4.78, 5) is 37.5. The maximum atomic E-state index is 12.6. The van der Waals surface area contributed by atoms with E-state index in [1.165, 1.54) is 128 Å². The zero-order valence-corrected chi connectivity index (χ0v) is 33.1. The molecule has 0 rings (SSSR count). The minimum atomic E-state index is -0.758. The molecule has 290 valence electrons. The molecule has 0 heterocycles. The van der Waals surface area contributed by atoms with Crippen molar-refractivity contribution in [3.8, 4) is 0 Å². The van der Waals surface area contributed by atoms with Crippen LogP contribution in [-0.2, 0) is 28.6 Å². The number of hydrogen-bond donors (Lipinski definition) is 0. The number of carbonyl (C=O) groups excluding carboxylic acids is 3. The van der Waals surface area contributed by atoms with Gasteiger partial charge in [-0.1, -0.05) is 195 Å². The van der Waals surface area contributed by atoms with Gasteiger partial charge in [0.15, 0.2) is 6.10 Å². The van der Waals surface area contributed by atoms with E-state index >= 15 is 0 Å². The first-order chi connectivity index (χ1) is 23.9. The van der Waals surface area contributed by atoms with Gasteiger partial charge in [-0.3, -0.25) is 14.4 Å². The molecule has 0 aliphatic heterocycles. The van der Waals surface area contributed by atoms with Gasteiger partial charge in [0.05, 0.1) is 0 Å². The Kier molecular flexibility index (Phi) is 36.4. The van der Waals surface area contributed by atoms with E-state index in [4.69, 9.17) is 14.2 Å². The minimum Gasteiger partial charge on any atom is -0.462 e. The van der Waals surface area contributed by atoms with E-state index in [2.05, 4.69) is 27.7 Å². The maximum Gasteiger partial charge on any atom is 0.306 e. The summed E-state index contributed by atoms with van der Waals surface area (Å²) >= 11 is 0. The summed E-state index contributed by atoms with van der Waals surface area (Å²) in [6.07, 6.45) is 35.2. The van der Waals surface area contributed by atoms with Crippen LogP contribution in [0.15, 0.2) is 0 Å². The monoisotopic (exact) mass is 695 g/mol. The molecule has 0 aromatic carbocycles. The van der Waals surface area contributed by atoms with E-state index in [1.807, 2.05) is 0 Å². The number of ether oxygens (including phenoxy) is 3. The Balaban J connectivity index is 4.34. The Hall–Kier alpha value is -1.59. The van der Waals surface area contributed by atoms with Gasteiger partial charge in [-0.05, 0) is 25.2 Å². The third-order valence-electron chi connectivity index (χ3n) is 9.54. The summed E-state index contributed by atoms with van der Waals surface area (Å²) < 4.78 is 16.6. The first-order valence-electron chi connectivity index (χ1n) is 21.4. The van der Waals surface area contributed by atoms with Crippen molar-refractivity contribution in [1.29, 1.82) is 0 Å². The second-order valence-electron chi connectivity index (χ2n) is 15.1. The van der Waals surface area contributed by atoms with E-state index in [1.54, 1.807) is 0 Å². The van der Waals surface area contributed by atoms with Crippen LogP contribution in [0, 0.1) is 5.92 Å². The molecular weight excluding hydrogens is 612 g/mol. The number of rotatable bonds is 38. The fourth-order valence-electron chi connectivity index (χ4n) is 6.27. The quantitative estimate of drug-likeness (QED) is 0.0364. The molecule has 49 heavy (non-hydrogen) atoms. The number of carbonyl (C=O) groups is 3. The lowest BCUT2D eigenvalue weighted by Gasteiger charge is -2.18. The van der Waals surface area contributed by atoms with Crippen molar-refractivity contribution in [1.82, 2.24) is 0 Å². The molecule has 1 atom stereocenters. The molecule has 0 fully saturated rings. The summed E-state index contributed by atoms with van der Waals surface area (Å²) in [6, 6.07) is 0. The number of esters is 3. The van der Waals surface area contributed by atoms with Crippen LogP contribution in [0.2, 0.25) is 0 Å². The molecule has 0 saturated heterocycles. The van der Waals surface area contributed by atoms with Gasteiger partial charge in [0, 0.05) is 19.3 Å². The van der Waals surface area contributed by atoms with Crippen LogP contribution >= 0.6 is 0 Å². The van der Waals surface area contributed by atoms with E-state index in [0.717, 1.165) is 63.7 Å². The average Bonchev–Trinajstić information content (AvgIpc) is 3.08. The van der Waals surface area contributed by atoms with E-state index in [9.17, 15) is 14.4 Å². The Morgan fingerprint density at radius 1 is 0.388 bits per heavy atom. The fourth-order valence-corrected chi connectivity index (χ4v) is 6.27. The highest BCUT2D eigenvalue weighted by atomic mass is 16.6. The first-order valence-corrected chi connectivity index (χ1v) is 21.4. The first kappa shape index (κ1) is 47.4. The predicted octanol–water partition coefficient (Wildman–Crippen LogP) is 13.2. The number of unbranched alkanes of at least 4 members (excludes halogenated alkanes) is 25. The summed E-state index contributed by atoms with van der Waals surface area (Å²) in [6.45, 7) is 8.90. The molecule has 0 radical (unpaired) electrons. The molecule has 0 amide bonds. The molecule has 0 spiro atoms. The molecule has 0 aromatic heterocycles. The third kappa shape index (κ3) is 37.5. The second kappa shape index (κ2) is 37.7.